The van der Waals surface area contributed by atoms with Crippen molar-refractivity contribution in [1.82, 2.24) is 4.98 Å². The number of amides is 1. The summed E-state index contributed by atoms with van der Waals surface area (Å²) in [5, 5.41) is 8.59. The predicted octanol–water partition coefficient (Wildman–Crippen LogP) is 0.533. The van der Waals surface area contributed by atoms with Gasteiger partial charge >= 0.3 is 6.36 Å². The molecular formula is C8H5F3N4O2. The summed E-state index contributed by atoms with van der Waals surface area (Å²) in [6.45, 7) is 0. The molecule has 1 heterocycles. The minimum Gasteiger partial charge on any atom is -0.404 e. The second kappa shape index (κ2) is 4.17. The maximum absolute atomic E-state index is 12.0. The Hall–Kier alpha value is -2.50. The number of anilines is 1. The number of nitriles is 1. The first-order valence-corrected chi connectivity index (χ1v) is 4.00. The van der Waals surface area contributed by atoms with E-state index in [1.165, 1.54) is 6.07 Å². The molecule has 1 aromatic heterocycles. The molecule has 17 heavy (non-hydrogen) atoms. The summed E-state index contributed by atoms with van der Waals surface area (Å²) < 4.78 is 39.6. The summed E-state index contributed by atoms with van der Waals surface area (Å²) in [6, 6.07) is 1.99. The van der Waals surface area contributed by atoms with Gasteiger partial charge in [0.2, 0.25) is 0 Å². The summed E-state index contributed by atoms with van der Waals surface area (Å²) in [5.41, 5.74) is 8.89. The molecule has 0 saturated heterocycles. The third-order valence-corrected chi connectivity index (χ3v) is 1.60. The second-order valence-electron chi connectivity index (χ2n) is 2.79. The van der Waals surface area contributed by atoms with E-state index in [0.717, 1.165) is 0 Å². The van der Waals surface area contributed by atoms with E-state index in [9.17, 15) is 18.0 Å². The summed E-state index contributed by atoms with van der Waals surface area (Å²) in [5.74, 6) is -2.57. The normalized spacial score (nSPS) is 10.7. The molecule has 4 N–H and O–H groups in total. The van der Waals surface area contributed by atoms with Crippen molar-refractivity contribution in [3.63, 3.8) is 0 Å². The molecule has 1 rings (SSSR count). The Morgan fingerprint density at radius 3 is 2.53 bits per heavy atom. The molecule has 0 aromatic carbocycles. The number of carbonyl (C=O) groups is 1. The summed E-state index contributed by atoms with van der Waals surface area (Å²) in [4.78, 5) is 14.1. The number of halogens is 3. The molecular weight excluding hydrogens is 241 g/mol. The van der Waals surface area contributed by atoms with E-state index in [4.69, 9.17) is 16.7 Å². The van der Waals surface area contributed by atoms with Crippen LogP contribution in [0.4, 0.5) is 19.0 Å². The van der Waals surface area contributed by atoms with Gasteiger partial charge in [0.05, 0.1) is 0 Å². The molecule has 0 radical (unpaired) electrons. The minimum absolute atomic E-state index is 0.527. The monoisotopic (exact) mass is 246 g/mol. The zero-order chi connectivity index (χ0) is 13.2. The van der Waals surface area contributed by atoms with Crippen LogP contribution in [-0.4, -0.2) is 17.3 Å². The Balaban J connectivity index is 3.35. The minimum atomic E-state index is -5.02. The van der Waals surface area contributed by atoms with Crippen molar-refractivity contribution in [2.75, 3.05) is 5.73 Å². The van der Waals surface area contributed by atoms with Crippen LogP contribution in [0.15, 0.2) is 6.07 Å². The van der Waals surface area contributed by atoms with Gasteiger partial charge in [0.15, 0.2) is 5.75 Å². The fourth-order valence-electron chi connectivity index (χ4n) is 0.984. The third kappa shape index (κ3) is 2.97. The standard InChI is InChI=1S/C8H5F3N4O2/c9-8(10,11)17-5-1-4(7(14)16)15-6(13)3(5)2-12/h1H,(H2,13,15)(H2,14,16). The third-order valence-electron chi connectivity index (χ3n) is 1.60. The fraction of sp³-hybridized carbons (Fsp3) is 0.125. The number of pyridine rings is 1. The molecule has 0 spiro atoms. The maximum Gasteiger partial charge on any atom is 0.573 e. The average molecular weight is 246 g/mol. The number of hydrogen-bond acceptors (Lipinski definition) is 5. The number of hydrogen-bond donors (Lipinski definition) is 2. The largest absolute Gasteiger partial charge is 0.573 e. The van der Waals surface area contributed by atoms with Gasteiger partial charge in [-0.05, 0) is 0 Å². The van der Waals surface area contributed by atoms with Crippen molar-refractivity contribution >= 4 is 11.7 Å². The highest BCUT2D eigenvalue weighted by molar-refractivity contribution is 5.92. The summed E-state index contributed by atoms with van der Waals surface area (Å²) in [7, 11) is 0. The number of ether oxygens (including phenoxy) is 1. The van der Waals surface area contributed by atoms with Crippen LogP contribution >= 0.6 is 0 Å². The van der Waals surface area contributed by atoms with Crippen LogP contribution in [0.1, 0.15) is 16.1 Å². The van der Waals surface area contributed by atoms with Crippen LogP contribution in [0.3, 0.4) is 0 Å². The highest BCUT2D eigenvalue weighted by atomic mass is 19.4. The second-order valence-corrected chi connectivity index (χ2v) is 2.79. The maximum atomic E-state index is 12.0. The molecule has 90 valence electrons. The number of nitrogens with two attached hydrogens (primary N) is 2. The lowest BCUT2D eigenvalue weighted by Gasteiger charge is -2.11. The van der Waals surface area contributed by atoms with Crippen molar-refractivity contribution in [3.05, 3.63) is 17.3 Å². The van der Waals surface area contributed by atoms with Crippen molar-refractivity contribution in [1.29, 1.82) is 5.26 Å². The average Bonchev–Trinajstić information content (AvgIpc) is 2.14. The van der Waals surface area contributed by atoms with Crippen LogP contribution in [0.5, 0.6) is 5.75 Å². The first kappa shape index (κ1) is 12.6. The van der Waals surface area contributed by atoms with Gasteiger partial charge in [-0.25, -0.2) is 4.98 Å². The lowest BCUT2D eigenvalue weighted by Crippen LogP contribution is -2.20. The van der Waals surface area contributed by atoms with E-state index in [-0.39, 0.29) is 0 Å². The van der Waals surface area contributed by atoms with Crippen molar-refractivity contribution in [2.45, 2.75) is 6.36 Å². The SMILES string of the molecule is N#Cc1c(OC(F)(F)F)cc(C(N)=O)nc1N. The van der Waals surface area contributed by atoms with Gasteiger partial charge in [-0.3, -0.25) is 4.79 Å². The molecule has 1 amide bonds. The Morgan fingerprint density at radius 1 is 1.53 bits per heavy atom. The first-order chi connectivity index (χ1) is 7.74. The molecule has 0 unspecified atom stereocenters. The van der Waals surface area contributed by atoms with E-state index in [1.807, 2.05) is 0 Å². The van der Waals surface area contributed by atoms with Gasteiger partial charge in [-0.15, -0.1) is 13.2 Å². The van der Waals surface area contributed by atoms with Gasteiger partial charge in [0.25, 0.3) is 5.91 Å². The van der Waals surface area contributed by atoms with E-state index in [0.29, 0.717) is 6.07 Å². The number of nitrogens with zero attached hydrogens (tertiary/aromatic N) is 2. The number of aromatic nitrogens is 1. The molecule has 0 bridgehead atoms. The van der Waals surface area contributed by atoms with E-state index in [2.05, 4.69) is 9.72 Å². The Bertz CT molecular complexity index is 507. The van der Waals surface area contributed by atoms with Gasteiger partial charge in [0.1, 0.15) is 23.1 Å². The van der Waals surface area contributed by atoms with Gasteiger partial charge in [-0.2, -0.15) is 5.26 Å². The lowest BCUT2D eigenvalue weighted by molar-refractivity contribution is -0.274. The molecule has 6 nitrogen and oxygen atoms in total. The Morgan fingerprint density at radius 2 is 2.12 bits per heavy atom. The van der Waals surface area contributed by atoms with E-state index >= 15 is 0 Å². The number of nitrogen functional groups attached to an aromatic ring is 1. The lowest BCUT2D eigenvalue weighted by atomic mass is 10.2. The smallest absolute Gasteiger partial charge is 0.404 e. The van der Waals surface area contributed by atoms with Crippen LogP contribution < -0.4 is 16.2 Å². The fourth-order valence-corrected chi connectivity index (χ4v) is 0.984. The van der Waals surface area contributed by atoms with Crippen molar-refractivity contribution in [3.8, 4) is 11.8 Å². The Kier molecular flexibility index (Phi) is 3.08. The van der Waals surface area contributed by atoms with Crippen molar-refractivity contribution < 1.29 is 22.7 Å². The topological polar surface area (TPSA) is 115 Å². The van der Waals surface area contributed by atoms with E-state index < -0.39 is 35.1 Å². The van der Waals surface area contributed by atoms with Gasteiger partial charge in [0, 0.05) is 6.07 Å². The molecule has 0 aliphatic heterocycles. The van der Waals surface area contributed by atoms with E-state index in [1.54, 1.807) is 0 Å². The number of primary amides is 1. The van der Waals surface area contributed by atoms with Crippen molar-refractivity contribution in [2.24, 2.45) is 5.73 Å². The summed E-state index contributed by atoms with van der Waals surface area (Å²) >= 11 is 0. The Labute approximate surface area is 92.6 Å². The van der Waals surface area contributed by atoms with Crippen LogP contribution in [0.25, 0.3) is 0 Å². The van der Waals surface area contributed by atoms with Crippen LogP contribution in [-0.2, 0) is 0 Å². The highest BCUT2D eigenvalue weighted by Gasteiger charge is 2.33. The van der Waals surface area contributed by atoms with Crippen LogP contribution in [0, 0.1) is 11.3 Å². The van der Waals surface area contributed by atoms with Gasteiger partial charge in [-0.1, -0.05) is 0 Å². The molecule has 9 heteroatoms. The van der Waals surface area contributed by atoms with Gasteiger partial charge < -0.3 is 16.2 Å². The number of carbonyl (C=O) groups excluding carboxylic acids is 1. The predicted molar refractivity (Wildman–Crippen MR) is 48.6 cm³/mol. The first-order valence-electron chi connectivity index (χ1n) is 4.00. The zero-order valence-corrected chi connectivity index (χ0v) is 8.08. The molecule has 0 fully saturated rings. The number of alkyl halides is 3. The molecule has 0 atom stereocenters. The molecule has 0 aliphatic rings. The molecule has 1 aromatic rings. The van der Waals surface area contributed by atoms with Crippen LogP contribution in [0.2, 0.25) is 0 Å². The summed E-state index contributed by atoms with van der Waals surface area (Å²) in [6.07, 6.45) is -5.02. The zero-order valence-electron chi connectivity index (χ0n) is 8.08. The highest BCUT2D eigenvalue weighted by Crippen LogP contribution is 2.29. The molecule has 0 aliphatic carbocycles. The molecule has 0 saturated carbocycles. The quantitative estimate of drug-likeness (QED) is 0.789. The number of rotatable bonds is 2.